The molecule has 4 nitrogen and oxygen atoms in total. The van der Waals surface area contributed by atoms with Crippen molar-refractivity contribution in [3.05, 3.63) is 0 Å². The van der Waals surface area contributed by atoms with E-state index in [1.807, 2.05) is 0 Å². The predicted molar refractivity (Wildman–Crippen MR) is 51.1 cm³/mol. The summed E-state index contributed by atoms with van der Waals surface area (Å²) in [5, 5.41) is 8.70. The number of carboxylic acids is 1. The Morgan fingerprint density at radius 3 is 2.71 bits per heavy atom. The van der Waals surface area contributed by atoms with E-state index in [1.54, 1.807) is 0 Å². The normalized spacial score (nSPS) is 34.4. The van der Waals surface area contributed by atoms with Gasteiger partial charge < -0.3 is 9.84 Å². The number of carbonyl (C=O) groups is 1. The standard InChI is InChI=1S/C10H17NO3/c1-7-2-3-9(14-7)6-11-4-8(5-11)10(12)13/h7-9H,2-6H2,1H3,(H,12,13). The van der Waals surface area contributed by atoms with Crippen molar-refractivity contribution in [2.45, 2.75) is 32.0 Å². The summed E-state index contributed by atoms with van der Waals surface area (Å²) in [7, 11) is 0. The molecule has 2 saturated heterocycles. The second kappa shape index (κ2) is 3.87. The van der Waals surface area contributed by atoms with Gasteiger partial charge in [-0.25, -0.2) is 0 Å². The van der Waals surface area contributed by atoms with Gasteiger partial charge in [0.15, 0.2) is 0 Å². The Morgan fingerprint density at radius 1 is 1.50 bits per heavy atom. The summed E-state index contributed by atoms with van der Waals surface area (Å²) >= 11 is 0. The molecule has 80 valence electrons. The molecule has 2 aliphatic heterocycles. The molecule has 2 unspecified atom stereocenters. The van der Waals surface area contributed by atoms with E-state index in [2.05, 4.69) is 11.8 Å². The zero-order valence-electron chi connectivity index (χ0n) is 8.48. The predicted octanol–water partition coefficient (Wildman–Crippen LogP) is 0.570. The molecule has 1 N–H and O–H groups in total. The smallest absolute Gasteiger partial charge is 0.309 e. The third-order valence-corrected chi connectivity index (χ3v) is 3.09. The topological polar surface area (TPSA) is 49.8 Å². The number of likely N-dealkylation sites (tertiary alicyclic amines) is 1. The molecule has 2 heterocycles. The van der Waals surface area contributed by atoms with E-state index < -0.39 is 5.97 Å². The number of aliphatic carboxylic acids is 1. The Kier molecular flexibility index (Phi) is 2.74. The molecule has 0 bridgehead atoms. The maximum Gasteiger partial charge on any atom is 0.309 e. The molecule has 14 heavy (non-hydrogen) atoms. The van der Waals surface area contributed by atoms with Crippen LogP contribution in [0.2, 0.25) is 0 Å². The van der Waals surface area contributed by atoms with E-state index >= 15 is 0 Å². The van der Waals surface area contributed by atoms with Crippen molar-refractivity contribution in [3.63, 3.8) is 0 Å². The third kappa shape index (κ3) is 2.07. The first-order chi connectivity index (χ1) is 6.65. The molecule has 0 saturated carbocycles. The fraction of sp³-hybridized carbons (Fsp3) is 0.900. The van der Waals surface area contributed by atoms with Crippen molar-refractivity contribution < 1.29 is 14.6 Å². The summed E-state index contributed by atoms with van der Waals surface area (Å²) in [5.41, 5.74) is 0. The number of nitrogens with zero attached hydrogens (tertiary/aromatic N) is 1. The highest BCUT2D eigenvalue weighted by molar-refractivity contribution is 5.71. The van der Waals surface area contributed by atoms with Gasteiger partial charge in [0.05, 0.1) is 18.1 Å². The molecule has 2 atom stereocenters. The second-order valence-corrected chi connectivity index (χ2v) is 4.40. The highest BCUT2D eigenvalue weighted by Gasteiger charge is 2.35. The third-order valence-electron chi connectivity index (χ3n) is 3.09. The van der Waals surface area contributed by atoms with Gasteiger partial charge in [0.1, 0.15) is 0 Å². The van der Waals surface area contributed by atoms with Crippen LogP contribution in [0.15, 0.2) is 0 Å². The van der Waals surface area contributed by atoms with Gasteiger partial charge >= 0.3 is 5.97 Å². The van der Waals surface area contributed by atoms with Crippen molar-refractivity contribution >= 4 is 5.97 Å². The Hall–Kier alpha value is -0.610. The molecular formula is C10H17NO3. The monoisotopic (exact) mass is 199 g/mol. The van der Waals surface area contributed by atoms with Crippen LogP contribution in [0.5, 0.6) is 0 Å². The fourth-order valence-electron chi connectivity index (χ4n) is 2.18. The van der Waals surface area contributed by atoms with E-state index in [9.17, 15) is 4.79 Å². The summed E-state index contributed by atoms with van der Waals surface area (Å²) in [6.07, 6.45) is 2.98. The quantitative estimate of drug-likeness (QED) is 0.722. The molecule has 0 radical (unpaired) electrons. The lowest BCUT2D eigenvalue weighted by molar-refractivity contribution is -0.148. The average Bonchev–Trinajstić information content (AvgIpc) is 2.42. The summed E-state index contributed by atoms with van der Waals surface area (Å²) in [5.74, 6) is -0.809. The van der Waals surface area contributed by atoms with Crippen LogP contribution in [0.1, 0.15) is 19.8 Å². The maximum absolute atomic E-state index is 10.6. The van der Waals surface area contributed by atoms with E-state index in [0.29, 0.717) is 25.3 Å². The Balaban J connectivity index is 1.67. The molecule has 0 spiro atoms. The van der Waals surface area contributed by atoms with Gasteiger partial charge in [-0.05, 0) is 19.8 Å². The summed E-state index contributed by atoms with van der Waals surface area (Å²) in [6.45, 7) is 4.40. The lowest BCUT2D eigenvalue weighted by atomic mass is 10.00. The van der Waals surface area contributed by atoms with Crippen LogP contribution in [0.3, 0.4) is 0 Å². The maximum atomic E-state index is 10.6. The molecule has 2 fully saturated rings. The zero-order valence-corrected chi connectivity index (χ0v) is 8.48. The molecule has 0 aromatic rings. The molecule has 0 aromatic carbocycles. The fourth-order valence-corrected chi connectivity index (χ4v) is 2.18. The summed E-state index contributed by atoms with van der Waals surface area (Å²) in [6, 6.07) is 0. The highest BCUT2D eigenvalue weighted by Crippen LogP contribution is 2.23. The first-order valence-corrected chi connectivity index (χ1v) is 5.26. The molecular weight excluding hydrogens is 182 g/mol. The molecule has 2 rings (SSSR count). The first kappa shape index (κ1) is 9.93. The zero-order chi connectivity index (χ0) is 10.1. The number of ether oxygens (including phenoxy) is 1. The summed E-state index contributed by atoms with van der Waals surface area (Å²) < 4.78 is 5.67. The Labute approximate surface area is 83.8 Å². The Morgan fingerprint density at radius 2 is 2.21 bits per heavy atom. The van der Waals surface area contributed by atoms with Crippen LogP contribution >= 0.6 is 0 Å². The minimum atomic E-state index is -0.665. The first-order valence-electron chi connectivity index (χ1n) is 5.26. The van der Waals surface area contributed by atoms with Crippen molar-refractivity contribution in [2.75, 3.05) is 19.6 Å². The second-order valence-electron chi connectivity index (χ2n) is 4.40. The molecule has 4 heteroatoms. The van der Waals surface area contributed by atoms with Gasteiger partial charge in [-0.3, -0.25) is 9.69 Å². The number of hydrogen-bond acceptors (Lipinski definition) is 3. The lowest BCUT2D eigenvalue weighted by Gasteiger charge is -2.37. The average molecular weight is 199 g/mol. The molecule has 0 amide bonds. The molecule has 2 aliphatic rings. The van der Waals surface area contributed by atoms with E-state index in [1.165, 1.54) is 0 Å². The van der Waals surface area contributed by atoms with Gasteiger partial charge in [0.25, 0.3) is 0 Å². The van der Waals surface area contributed by atoms with E-state index in [0.717, 1.165) is 19.4 Å². The number of carboxylic acid groups (broad SMARTS) is 1. The van der Waals surface area contributed by atoms with Crippen molar-refractivity contribution in [2.24, 2.45) is 5.92 Å². The van der Waals surface area contributed by atoms with Crippen LogP contribution in [-0.4, -0.2) is 47.8 Å². The minimum Gasteiger partial charge on any atom is -0.481 e. The van der Waals surface area contributed by atoms with Gasteiger partial charge in [0, 0.05) is 19.6 Å². The highest BCUT2D eigenvalue weighted by atomic mass is 16.5. The van der Waals surface area contributed by atoms with Crippen LogP contribution in [0, 0.1) is 5.92 Å². The molecule has 0 aliphatic carbocycles. The van der Waals surface area contributed by atoms with Crippen molar-refractivity contribution in [1.29, 1.82) is 0 Å². The number of rotatable bonds is 3. The van der Waals surface area contributed by atoms with Gasteiger partial charge in [-0.15, -0.1) is 0 Å². The minimum absolute atomic E-state index is 0.145. The van der Waals surface area contributed by atoms with Crippen LogP contribution in [-0.2, 0) is 9.53 Å². The van der Waals surface area contributed by atoms with Crippen molar-refractivity contribution in [3.8, 4) is 0 Å². The van der Waals surface area contributed by atoms with Crippen molar-refractivity contribution in [1.82, 2.24) is 4.90 Å². The number of hydrogen-bond donors (Lipinski definition) is 1. The summed E-state index contributed by atoms with van der Waals surface area (Å²) in [4.78, 5) is 12.7. The van der Waals surface area contributed by atoms with Gasteiger partial charge in [-0.1, -0.05) is 0 Å². The van der Waals surface area contributed by atoms with Crippen LogP contribution in [0.25, 0.3) is 0 Å². The SMILES string of the molecule is CC1CCC(CN2CC(C(=O)O)C2)O1. The van der Waals surface area contributed by atoms with E-state index in [4.69, 9.17) is 9.84 Å². The van der Waals surface area contributed by atoms with Crippen LogP contribution < -0.4 is 0 Å². The lowest BCUT2D eigenvalue weighted by Crippen LogP contribution is -2.52. The van der Waals surface area contributed by atoms with E-state index in [-0.39, 0.29) is 5.92 Å². The largest absolute Gasteiger partial charge is 0.481 e. The van der Waals surface area contributed by atoms with Gasteiger partial charge in [-0.2, -0.15) is 0 Å². The molecule has 0 aromatic heterocycles. The van der Waals surface area contributed by atoms with Crippen LogP contribution in [0.4, 0.5) is 0 Å². The van der Waals surface area contributed by atoms with Gasteiger partial charge in [0.2, 0.25) is 0 Å². The Bertz CT molecular complexity index is 225.